The van der Waals surface area contributed by atoms with Crippen LogP contribution in [0.5, 0.6) is 5.75 Å². The molecule has 5 rings (SSSR count). The number of rotatable bonds is 3. The van der Waals surface area contributed by atoms with Gasteiger partial charge in [-0.15, -0.1) is 0 Å². The van der Waals surface area contributed by atoms with Crippen molar-refractivity contribution in [3.05, 3.63) is 59.0 Å². The van der Waals surface area contributed by atoms with Gasteiger partial charge in [-0.3, -0.25) is 4.79 Å². The topological polar surface area (TPSA) is 93.4 Å². The minimum Gasteiger partial charge on any atom is -0.493 e. The minimum absolute atomic E-state index is 0.0129. The summed E-state index contributed by atoms with van der Waals surface area (Å²) in [6.07, 6.45) is 1.57. The maximum Gasteiger partial charge on any atom is 0.251 e. The van der Waals surface area contributed by atoms with E-state index in [0.29, 0.717) is 42.0 Å². The number of aromatic nitrogens is 2. The first-order valence-electron chi connectivity index (χ1n) is 10.6. The van der Waals surface area contributed by atoms with Crippen LogP contribution in [0.25, 0.3) is 22.5 Å². The Morgan fingerprint density at radius 3 is 2.72 bits per heavy atom. The first-order chi connectivity index (χ1) is 15.4. The standard InChI is InChI=1S/C24H24FN5O2/c1-30(2)18-8-10-32-19-6-4-15(12-17(18)19)20-22(25)29-23(26)21(28-20)14-3-5-16-13(11-14)7-9-27-24(16)31/h3-6,11-12,18H,7-10H2,1-2H3,(H2,26,29)(H,27,31). The van der Waals surface area contributed by atoms with Crippen molar-refractivity contribution in [3.63, 3.8) is 0 Å². The van der Waals surface area contributed by atoms with Gasteiger partial charge < -0.3 is 20.7 Å². The highest BCUT2D eigenvalue weighted by Gasteiger charge is 2.25. The molecule has 2 aliphatic heterocycles. The highest BCUT2D eigenvalue weighted by molar-refractivity contribution is 5.97. The van der Waals surface area contributed by atoms with E-state index >= 15 is 0 Å². The first-order valence-corrected chi connectivity index (χ1v) is 10.6. The molecule has 1 atom stereocenters. The summed E-state index contributed by atoms with van der Waals surface area (Å²) in [5.41, 5.74) is 10.5. The van der Waals surface area contributed by atoms with Crippen LogP contribution in [0.1, 0.15) is 33.9 Å². The molecule has 1 amide bonds. The number of nitrogens with zero attached hydrogens (tertiary/aromatic N) is 3. The van der Waals surface area contributed by atoms with Crippen LogP contribution in [-0.4, -0.2) is 48.0 Å². The van der Waals surface area contributed by atoms with Gasteiger partial charge in [0.2, 0.25) is 5.95 Å². The summed E-state index contributed by atoms with van der Waals surface area (Å²) in [7, 11) is 4.04. The van der Waals surface area contributed by atoms with Gasteiger partial charge in [-0.25, -0.2) is 4.98 Å². The van der Waals surface area contributed by atoms with Crippen molar-refractivity contribution < 1.29 is 13.9 Å². The highest BCUT2D eigenvalue weighted by Crippen LogP contribution is 2.38. The molecule has 0 spiro atoms. The molecule has 3 aromatic rings. The number of ether oxygens (including phenoxy) is 1. The summed E-state index contributed by atoms with van der Waals surface area (Å²) in [5.74, 6) is -0.000309. The zero-order chi connectivity index (χ0) is 22.4. The van der Waals surface area contributed by atoms with Gasteiger partial charge in [0.15, 0.2) is 5.82 Å². The third-order valence-corrected chi connectivity index (χ3v) is 6.10. The molecule has 2 aromatic carbocycles. The summed E-state index contributed by atoms with van der Waals surface area (Å²) < 4.78 is 20.7. The molecule has 8 heteroatoms. The molecule has 0 saturated carbocycles. The molecule has 164 valence electrons. The van der Waals surface area contributed by atoms with Crippen molar-refractivity contribution in [1.82, 2.24) is 20.2 Å². The average molecular weight is 433 g/mol. The summed E-state index contributed by atoms with van der Waals surface area (Å²) in [6.45, 7) is 1.22. The van der Waals surface area contributed by atoms with Crippen LogP contribution in [0.3, 0.4) is 0 Å². The number of benzene rings is 2. The second kappa shape index (κ2) is 7.87. The van der Waals surface area contributed by atoms with E-state index in [0.717, 1.165) is 23.3 Å². The van der Waals surface area contributed by atoms with Crippen molar-refractivity contribution in [1.29, 1.82) is 0 Å². The van der Waals surface area contributed by atoms with E-state index in [2.05, 4.69) is 20.2 Å². The van der Waals surface area contributed by atoms with Crippen LogP contribution in [0.15, 0.2) is 36.4 Å². The quantitative estimate of drug-likeness (QED) is 0.659. The normalized spacial score (nSPS) is 17.4. The molecule has 3 heterocycles. The van der Waals surface area contributed by atoms with Crippen LogP contribution in [-0.2, 0) is 6.42 Å². The number of carbonyl (C=O) groups excluding carboxylic acids is 1. The first kappa shape index (κ1) is 20.4. The zero-order valence-electron chi connectivity index (χ0n) is 18.0. The molecule has 0 aliphatic carbocycles. The predicted molar refractivity (Wildman–Crippen MR) is 120 cm³/mol. The van der Waals surface area contributed by atoms with E-state index in [1.54, 1.807) is 18.2 Å². The van der Waals surface area contributed by atoms with Crippen LogP contribution < -0.4 is 15.8 Å². The zero-order valence-corrected chi connectivity index (χ0v) is 18.0. The number of anilines is 1. The molecule has 1 aromatic heterocycles. The monoisotopic (exact) mass is 433 g/mol. The lowest BCUT2D eigenvalue weighted by atomic mass is 9.95. The maximum atomic E-state index is 14.9. The fourth-order valence-electron chi connectivity index (χ4n) is 4.46. The molecule has 32 heavy (non-hydrogen) atoms. The third kappa shape index (κ3) is 3.46. The SMILES string of the molecule is CN(C)C1CCOc2ccc(-c3nc(-c4ccc5c(c4)CCNC5=O)c(N)nc3F)cc21. The number of fused-ring (bicyclic) bond motifs is 2. The number of hydrogen-bond donors (Lipinski definition) is 2. The van der Waals surface area contributed by atoms with Crippen molar-refractivity contribution in [2.75, 3.05) is 33.0 Å². The van der Waals surface area contributed by atoms with E-state index in [1.165, 1.54) is 0 Å². The average Bonchev–Trinajstić information content (AvgIpc) is 2.78. The van der Waals surface area contributed by atoms with Crippen LogP contribution in [0, 0.1) is 5.95 Å². The Morgan fingerprint density at radius 2 is 1.91 bits per heavy atom. The van der Waals surface area contributed by atoms with Crippen LogP contribution >= 0.6 is 0 Å². The Bertz CT molecular complexity index is 1230. The lowest BCUT2D eigenvalue weighted by Gasteiger charge is -2.31. The fourth-order valence-corrected chi connectivity index (χ4v) is 4.46. The molecular weight excluding hydrogens is 409 g/mol. The fraction of sp³-hybridized carbons (Fsp3) is 0.292. The summed E-state index contributed by atoms with van der Waals surface area (Å²) in [5, 5.41) is 2.83. The number of amides is 1. The molecule has 3 N–H and O–H groups in total. The van der Waals surface area contributed by atoms with Gasteiger partial charge in [-0.2, -0.15) is 9.37 Å². The van der Waals surface area contributed by atoms with E-state index < -0.39 is 5.95 Å². The second-order valence-corrected chi connectivity index (χ2v) is 8.34. The van der Waals surface area contributed by atoms with Gasteiger partial charge in [-0.05, 0) is 56.4 Å². The summed E-state index contributed by atoms with van der Waals surface area (Å²) in [6, 6.07) is 11.2. The van der Waals surface area contributed by atoms with E-state index in [4.69, 9.17) is 10.5 Å². The van der Waals surface area contributed by atoms with Gasteiger partial charge >= 0.3 is 0 Å². The molecule has 0 bridgehead atoms. The highest BCUT2D eigenvalue weighted by atomic mass is 19.1. The van der Waals surface area contributed by atoms with E-state index in [9.17, 15) is 9.18 Å². The Morgan fingerprint density at radius 1 is 1.12 bits per heavy atom. The summed E-state index contributed by atoms with van der Waals surface area (Å²) >= 11 is 0. The Hall–Kier alpha value is -3.52. The second-order valence-electron chi connectivity index (χ2n) is 8.34. The molecule has 1 unspecified atom stereocenters. The van der Waals surface area contributed by atoms with Gasteiger partial charge in [-0.1, -0.05) is 6.07 Å². The number of nitrogens with two attached hydrogens (primary N) is 1. The Kier molecular flexibility index (Phi) is 5.01. The van der Waals surface area contributed by atoms with Crippen LogP contribution in [0.4, 0.5) is 10.2 Å². The number of carbonyl (C=O) groups is 1. The van der Waals surface area contributed by atoms with Crippen LogP contribution in [0.2, 0.25) is 0 Å². The number of nitrogens with one attached hydrogen (secondary N) is 1. The largest absolute Gasteiger partial charge is 0.493 e. The summed E-state index contributed by atoms with van der Waals surface area (Å²) in [4.78, 5) is 22.7. The van der Waals surface area contributed by atoms with Gasteiger partial charge in [0.05, 0.1) is 6.61 Å². The van der Waals surface area contributed by atoms with Gasteiger partial charge in [0, 0.05) is 41.3 Å². The molecule has 0 saturated heterocycles. The molecular formula is C24H24FN5O2. The lowest BCUT2D eigenvalue weighted by Crippen LogP contribution is -2.31. The number of hydrogen-bond acceptors (Lipinski definition) is 6. The lowest BCUT2D eigenvalue weighted by molar-refractivity contribution is 0.0946. The van der Waals surface area contributed by atoms with Crippen molar-refractivity contribution in [2.24, 2.45) is 0 Å². The third-order valence-electron chi connectivity index (χ3n) is 6.10. The molecule has 0 fully saturated rings. The van der Waals surface area contributed by atoms with Crippen molar-refractivity contribution >= 4 is 11.7 Å². The predicted octanol–water partition coefficient (Wildman–Crippen LogP) is 3.20. The number of halogens is 1. The minimum atomic E-state index is -0.721. The van der Waals surface area contributed by atoms with Gasteiger partial charge in [0.25, 0.3) is 5.91 Å². The Balaban J connectivity index is 1.60. The number of nitrogen functional groups attached to an aromatic ring is 1. The maximum absolute atomic E-state index is 14.9. The Labute approximate surface area is 185 Å². The van der Waals surface area contributed by atoms with Crippen molar-refractivity contribution in [2.45, 2.75) is 18.9 Å². The van der Waals surface area contributed by atoms with E-state index in [1.807, 2.05) is 32.3 Å². The molecule has 7 nitrogen and oxygen atoms in total. The van der Waals surface area contributed by atoms with E-state index in [-0.39, 0.29) is 23.5 Å². The van der Waals surface area contributed by atoms with Crippen molar-refractivity contribution in [3.8, 4) is 28.3 Å². The van der Waals surface area contributed by atoms with Gasteiger partial charge in [0.1, 0.15) is 17.1 Å². The molecule has 2 aliphatic rings. The smallest absolute Gasteiger partial charge is 0.251 e. The molecule has 0 radical (unpaired) electrons.